The highest BCUT2D eigenvalue weighted by molar-refractivity contribution is 5.89. The summed E-state index contributed by atoms with van der Waals surface area (Å²) >= 11 is 0. The van der Waals surface area contributed by atoms with Gasteiger partial charge in [0.2, 0.25) is 11.8 Å². The monoisotopic (exact) mass is 319 g/mol. The highest BCUT2D eigenvalue weighted by Crippen LogP contribution is 2.01. The maximum Gasteiger partial charge on any atom is 0.303 e. The van der Waals surface area contributed by atoms with Crippen LogP contribution in [0.2, 0.25) is 0 Å². The van der Waals surface area contributed by atoms with Crippen molar-refractivity contribution in [3.05, 3.63) is 0 Å². The molecule has 7 heteroatoms. The topological polar surface area (TPSA) is 136 Å². The number of nitrogens with two attached hydrogens (primary N) is 2. The number of aliphatic carboxylic acids is 1. The molecule has 0 fully saturated rings. The van der Waals surface area contributed by atoms with Gasteiger partial charge < -0.3 is 21.9 Å². The molecule has 22 heavy (non-hydrogen) atoms. The second kappa shape index (κ2) is 17.4. The molecule has 0 saturated heterocycles. The zero-order valence-electron chi connectivity index (χ0n) is 14.5. The third-order valence-corrected chi connectivity index (χ3v) is 2.51. The molecule has 2 unspecified atom stereocenters. The first-order chi connectivity index (χ1) is 10.4. The van der Waals surface area contributed by atoms with E-state index in [0.717, 1.165) is 12.8 Å². The van der Waals surface area contributed by atoms with E-state index in [0.29, 0.717) is 6.42 Å². The molecule has 0 aromatic rings. The second-order valence-electron chi connectivity index (χ2n) is 4.14. The lowest BCUT2D eigenvalue weighted by Gasteiger charge is -2.17. The van der Waals surface area contributed by atoms with Crippen molar-refractivity contribution in [1.29, 1.82) is 0 Å². The average molecular weight is 319 g/mol. The van der Waals surface area contributed by atoms with Gasteiger partial charge in [-0.2, -0.15) is 0 Å². The molecule has 0 spiro atoms. The minimum atomic E-state index is -1.05. The normalized spacial score (nSPS) is 11.7. The van der Waals surface area contributed by atoms with Gasteiger partial charge in [0.05, 0.1) is 6.04 Å². The van der Waals surface area contributed by atoms with Crippen LogP contribution in [0.4, 0.5) is 0 Å². The van der Waals surface area contributed by atoms with Crippen LogP contribution in [0.15, 0.2) is 0 Å². The minimum Gasteiger partial charge on any atom is -0.481 e. The molecule has 7 nitrogen and oxygen atoms in total. The van der Waals surface area contributed by atoms with Crippen LogP contribution in [-0.2, 0) is 14.4 Å². The van der Waals surface area contributed by atoms with E-state index < -0.39 is 29.9 Å². The molecule has 0 aromatic heterocycles. The fourth-order valence-corrected chi connectivity index (χ4v) is 1.39. The first-order valence-electron chi connectivity index (χ1n) is 7.95. The molecule has 0 aliphatic rings. The predicted molar refractivity (Wildman–Crippen MR) is 88.2 cm³/mol. The van der Waals surface area contributed by atoms with Gasteiger partial charge in [-0.3, -0.25) is 14.4 Å². The lowest BCUT2D eigenvalue weighted by atomic mass is 10.1. The smallest absolute Gasteiger partial charge is 0.303 e. The van der Waals surface area contributed by atoms with Crippen molar-refractivity contribution in [3.8, 4) is 0 Å². The highest BCUT2D eigenvalue weighted by Gasteiger charge is 2.22. The fourth-order valence-electron chi connectivity index (χ4n) is 1.39. The first-order valence-corrected chi connectivity index (χ1v) is 7.95. The summed E-state index contributed by atoms with van der Waals surface area (Å²) in [4.78, 5) is 33.1. The second-order valence-corrected chi connectivity index (χ2v) is 4.14. The SMILES string of the molecule is CC.CC.CCCCC(N)C(=O)NC(CCC(=O)O)C(N)=O. The summed E-state index contributed by atoms with van der Waals surface area (Å²) in [6.07, 6.45) is 1.98. The lowest BCUT2D eigenvalue weighted by Crippen LogP contribution is -2.50. The molecule has 0 heterocycles. The van der Waals surface area contributed by atoms with E-state index in [1.807, 2.05) is 34.6 Å². The van der Waals surface area contributed by atoms with Gasteiger partial charge in [0.1, 0.15) is 6.04 Å². The Kier molecular flexibility index (Phi) is 20.1. The Morgan fingerprint density at radius 1 is 1.09 bits per heavy atom. The average Bonchev–Trinajstić information content (AvgIpc) is 2.52. The van der Waals surface area contributed by atoms with E-state index in [1.165, 1.54) is 0 Å². The number of carbonyl (C=O) groups excluding carboxylic acids is 2. The van der Waals surface area contributed by atoms with Crippen LogP contribution in [0.25, 0.3) is 0 Å². The third-order valence-electron chi connectivity index (χ3n) is 2.51. The third kappa shape index (κ3) is 14.8. The molecule has 0 bridgehead atoms. The predicted octanol–water partition coefficient (Wildman–Crippen LogP) is 1.39. The molecule has 132 valence electrons. The zero-order chi connectivity index (χ0) is 18.1. The Balaban J connectivity index is -0.000000826. The van der Waals surface area contributed by atoms with Crippen LogP contribution >= 0.6 is 0 Å². The number of carbonyl (C=O) groups is 3. The summed E-state index contributed by atoms with van der Waals surface area (Å²) in [7, 11) is 0. The first kappa shape index (κ1) is 25.3. The molecule has 2 amide bonds. The quantitative estimate of drug-likeness (QED) is 0.509. The summed E-state index contributed by atoms with van der Waals surface area (Å²) in [5, 5.41) is 10.9. The maximum atomic E-state index is 11.6. The summed E-state index contributed by atoms with van der Waals surface area (Å²) < 4.78 is 0. The van der Waals surface area contributed by atoms with Crippen molar-refractivity contribution < 1.29 is 19.5 Å². The zero-order valence-corrected chi connectivity index (χ0v) is 14.5. The van der Waals surface area contributed by atoms with Gasteiger partial charge in [0, 0.05) is 6.42 Å². The number of carboxylic acids is 1. The van der Waals surface area contributed by atoms with Crippen molar-refractivity contribution in [2.24, 2.45) is 11.5 Å². The van der Waals surface area contributed by atoms with E-state index in [1.54, 1.807) is 0 Å². The minimum absolute atomic E-state index is 0.0308. The number of primary amides is 1. The summed E-state index contributed by atoms with van der Waals surface area (Å²) in [6, 6.07) is -1.68. The van der Waals surface area contributed by atoms with Crippen molar-refractivity contribution in [3.63, 3.8) is 0 Å². The van der Waals surface area contributed by atoms with Crippen molar-refractivity contribution >= 4 is 17.8 Å². The summed E-state index contributed by atoms with van der Waals surface area (Å²) in [5.41, 5.74) is 10.7. The van der Waals surface area contributed by atoms with Crippen LogP contribution in [0.1, 0.15) is 66.7 Å². The molecular weight excluding hydrogens is 286 g/mol. The van der Waals surface area contributed by atoms with Gasteiger partial charge >= 0.3 is 5.97 Å². The molecule has 0 radical (unpaired) electrons. The molecule has 0 aliphatic carbocycles. The molecule has 0 saturated carbocycles. The van der Waals surface area contributed by atoms with Crippen molar-refractivity contribution in [2.45, 2.75) is 78.8 Å². The Labute approximate surface area is 133 Å². The van der Waals surface area contributed by atoms with E-state index >= 15 is 0 Å². The summed E-state index contributed by atoms with van der Waals surface area (Å²) in [5.74, 6) is -2.28. The van der Waals surface area contributed by atoms with E-state index in [4.69, 9.17) is 16.6 Å². The van der Waals surface area contributed by atoms with Crippen molar-refractivity contribution in [1.82, 2.24) is 5.32 Å². The number of amides is 2. The number of hydrogen-bond acceptors (Lipinski definition) is 4. The van der Waals surface area contributed by atoms with Crippen LogP contribution in [0.3, 0.4) is 0 Å². The van der Waals surface area contributed by atoms with Gasteiger partial charge in [-0.05, 0) is 12.8 Å². The number of unbranched alkanes of at least 4 members (excludes halogenated alkanes) is 1. The molecular formula is C15H33N3O4. The van der Waals surface area contributed by atoms with Gasteiger partial charge in [0.25, 0.3) is 0 Å². The van der Waals surface area contributed by atoms with E-state index in [-0.39, 0.29) is 12.8 Å². The van der Waals surface area contributed by atoms with Crippen LogP contribution < -0.4 is 16.8 Å². The summed E-state index contributed by atoms with van der Waals surface area (Å²) in [6.45, 7) is 9.98. The van der Waals surface area contributed by atoms with E-state index in [2.05, 4.69) is 5.32 Å². The number of carboxylic acid groups (broad SMARTS) is 1. The Morgan fingerprint density at radius 3 is 1.95 bits per heavy atom. The van der Waals surface area contributed by atoms with E-state index in [9.17, 15) is 14.4 Å². The number of nitrogens with one attached hydrogen (secondary N) is 1. The Bertz CT molecular complexity index is 309. The number of rotatable bonds is 9. The molecule has 0 aliphatic heterocycles. The lowest BCUT2D eigenvalue weighted by molar-refractivity contribution is -0.137. The molecule has 2 atom stereocenters. The van der Waals surface area contributed by atoms with Gasteiger partial charge in [0.15, 0.2) is 0 Å². The molecule has 6 N–H and O–H groups in total. The maximum absolute atomic E-state index is 11.6. The highest BCUT2D eigenvalue weighted by atomic mass is 16.4. The Morgan fingerprint density at radius 2 is 1.59 bits per heavy atom. The van der Waals surface area contributed by atoms with Crippen LogP contribution in [0.5, 0.6) is 0 Å². The fraction of sp³-hybridized carbons (Fsp3) is 0.800. The van der Waals surface area contributed by atoms with Gasteiger partial charge in [-0.1, -0.05) is 47.5 Å². The van der Waals surface area contributed by atoms with Crippen LogP contribution in [0, 0.1) is 0 Å². The van der Waals surface area contributed by atoms with Crippen molar-refractivity contribution in [2.75, 3.05) is 0 Å². The van der Waals surface area contributed by atoms with Gasteiger partial charge in [-0.25, -0.2) is 0 Å². The standard InChI is InChI=1S/C11H21N3O4.2C2H6/c1-2-3-4-7(12)11(18)14-8(10(13)17)5-6-9(15)16;2*1-2/h7-8H,2-6,12H2,1H3,(H2,13,17)(H,14,18)(H,15,16);2*1-2H3. The van der Waals surface area contributed by atoms with Gasteiger partial charge in [-0.15, -0.1) is 0 Å². The molecule has 0 rings (SSSR count). The largest absolute Gasteiger partial charge is 0.481 e. The van der Waals surface area contributed by atoms with Crippen LogP contribution in [-0.4, -0.2) is 35.0 Å². The molecule has 0 aromatic carbocycles. The number of hydrogen-bond donors (Lipinski definition) is 4. The Hall–Kier alpha value is -1.63.